The van der Waals surface area contributed by atoms with Crippen molar-refractivity contribution in [1.29, 1.82) is 0 Å². The molecule has 5 heteroatoms. The molecular weight excluding hydrogens is 230 g/mol. The third-order valence-corrected chi connectivity index (χ3v) is 2.96. The summed E-state index contributed by atoms with van der Waals surface area (Å²) >= 11 is 0. The van der Waals surface area contributed by atoms with Crippen molar-refractivity contribution < 1.29 is 9.47 Å². The molecule has 1 heterocycles. The Kier molecular flexibility index (Phi) is 5.20. The van der Waals surface area contributed by atoms with E-state index in [0.717, 1.165) is 6.54 Å². The molecular formula is C13H21N3O2. The summed E-state index contributed by atoms with van der Waals surface area (Å²) < 4.78 is 11.1. The van der Waals surface area contributed by atoms with Crippen molar-refractivity contribution in [2.45, 2.75) is 38.7 Å². The molecule has 0 atom stereocenters. The fourth-order valence-electron chi connectivity index (χ4n) is 2.10. The summed E-state index contributed by atoms with van der Waals surface area (Å²) in [7, 11) is 0. The SMILES string of the molecule is CCOc1ccnc(NCCOC2CCCC2)n1. The molecule has 1 aliphatic rings. The van der Waals surface area contributed by atoms with Gasteiger partial charge < -0.3 is 14.8 Å². The van der Waals surface area contributed by atoms with Gasteiger partial charge in [-0.2, -0.15) is 4.98 Å². The van der Waals surface area contributed by atoms with Crippen molar-refractivity contribution in [2.75, 3.05) is 25.1 Å². The van der Waals surface area contributed by atoms with Crippen molar-refractivity contribution in [3.63, 3.8) is 0 Å². The summed E-state index contributed by atoms with van der Waals surface area (Å²) in [6, 6.07) is 1.75. The van der Waals surface area contributed by atoms with Crippen molar-refractivity contribution in [3.8, 4) is 5.88 Å². The van der Waals surface area contributed by atoms with E-state index < -0.39 is 0 Å². The Morgan fingerprint density at radius 3 is 3.00 bits per heavy atom. The Hall–Kier alpha value is -1.36. The van der Waals surface area contributed by atoms with Crippen LogP contribution in [0.15, 0.2) is 12.3 Å². The number of anilines is 1. The van der Waals surface area contributed by atoms with E-state index in [-0.39, 0.29) is 0 Å². The Balaban J connectivity index is 1.67. The average molecular weight is 251 g/mol. The van der Waals surface area contributed by atoms with Crippen molar-refractivity contribution in [3.05, 3.63) is 12.3 Å². The lowest BCUT2D eigenvalue weighted by Crippen LogP contribution is -2.16. The molecule has 0 radical (unpaired) electrons. The number of hydrogen-bond donors (Lipinski definition) is 1. The Morgan fingerprint density at radius 2 is 2.22 bits per heavy atom. The summed E-state index contributed by atoms with van der Waals surface area (Å²) in [6.07, 6.45) is 7.17. The van der Waals surface area contributed by atoms with Crippen molar-refractivity contribution in [2.24, 2.45) is 0 Å². The number of nitrogens with zero attached hydrogens (tertiary/aromatic N) is 2. The van der Waals surface area contributed by atoms with Crippen LogP contribution in [0.25, 0.3) is 0 Å². The molecule has 0 aliphatic heterocycles. The van der Waals surface area contributed by atoms with Gasteiger partial charge in [0.1, 0.15) is 0 Å². The van der Waals surface area contributed by atoms with Gasteiger partial charge in [-0.1, -0.05) is 12.8 Å². The second-order valence-electron chi connectivity index (χ2n) is 4.36. The fourth-order valence-corrected chi connectivity index (χ4v) is 2.10. The molecule has 0 spiro atoms. The lowest BCUT2D eigenvalue weighted by atomic mass is 10.3. The average Bonchev–Trinajstić information content (AvgIpc) is 2.89. The first-order valence-electron chi connectivity index (χ1n) is 6.70. The van der Waals surface area contributed by atoms with Gasteiger partial charge in [0.15, 0.2) is 0 Å². The van der Waals surface area contributed by atoms with Gasteiger partial charge in [0.05, 0.1) is 19.3 Å². The molecule has 0 unspecified atom stereocenters. The zero-order valence-corrected chi connectivity index (χ0v) is 10.9. The summed E-state index contributed by atoms with van der Waals surface area (Å²) in [5.74, 6) is 1.20. The third-order valence-electron chi connectivity index (χ3n) is 2.96. The van der Waals surface area contributed by atoms with Crippen LogP contribution in [0.4, 0.5) is 5.95 Å². The highest BCUT2D eigenvalue weighted by atomic mass is 16.5. The second kappa shape index (κ2) is 7.16. The van der Waals surface area contributed by atoms with Gasteiger partial charge in [0, 0.05) is 18.8 Å². The third kappa shape index (κ3) is 4.14. The maximum absolute atomic E-state index is 5.75. The van der Waals surface area contributed by atoms with Gasteiger partial charge in [-0.15, -0.1) is 0 Å². The minimum absolute atomic E-state index is 0.461. The molecule has 100 valence electrons. The number of hydrogen-bond acceptors (Lipinski definition) is 5. The van der Waals surface area contributed by atoms with Crippen LogP contribution in [0.1, 0.15) is 32.6 Å². The van der Waals surface area contributed by atoms with Crippen LogP contribution in [0.2, 0.25) is 0 Å². The monoisotopic (exact) mass is 251 g/mol. The molecule has 1 aromatic rings. The van der Waals surface area contributed by atoms with Crippen LogP contribution in [0.3, 0.4) is 0 Å². The maximum Gasteiger partial charge on any atom is 0.226 e. The number of aromatic nitrogens is 2. The summed E-state index contributed by atoms with van der Waals surface area (Å²) in [5.41, 5.74) is 0. The van der Waals surface area contributed by atoms with Gasteiger partial charge in [-0.25, -0.2) is 4.98 Å². The Bertz CT molecular complexity index is 354. The van der Waals surface area contributed by atoms with Crippen molar-refractivity contribution >= 4 is 5.95 Å². The molecule has 0 aromatic carbocycles. The molecule has 0 saturated heterocycles. The summed E-state index contributed by atoms with van der Waals surface area (Å²) in [6.45, 7) is 3.98. The number of nitrogens with one attached hydrogen (secondary N) is 1. The van der Waals surface area contributed by atoms with Gasteiger partial charge in [-0.3, -0.25) is 0 Å². The van der Waals surface area contributed by atoms with Gasteiger partial charge in [0.25, 0.3) is 0 Å². The molecule has 0 bridgehead atoms. The van der Waals surface area contributed by atoms with Crippen LogP contribution in [-0.2, 0) is 4.74 Å². The van der Waals surface area contributed by atoms with E-state index in [4.69, 9.17) is 9.47 Å². The molecule has 18 heavy (non-hydrogen) atoms. The van der Waals surface area contributed by atoms with Crippen LogP contribution in [0.5, 0.6) is 5.88 Å². The van der Waals surface area contributed by atoms with Crippen LogP contribution in [0, 0.1) is 0 Å². The molecule has 1 saturated carbocycles. The van der Waals surface area contributed by atoms with E-state index in [0.29, 0.717) is 31.1 Å². The van der Waals surface area contributed by atoms with Crippen LogP contribution in [-0.4, -0.2) is 35.8 Å². The predicted molar refractivity (Wildman–Crippen MR) is 69.9 cm³/mol. The maximum atomic E-state index is 5.75. The van der Waals surface area contributed by atoms with Crippen molar-refractivity contribution in [1.82, 2.24) is 9.97 Å². The van der Waals surface area contributed by atoms with Crippen LogP contribution < -0.4 is 10.1 Å². The van der Waals surface area contributed by atoms with E-state index in [1.807, 2.05) is 6.92 Å². The normalized spacial score (nSPS) is 15.8. The minimum atomic E-state index is 0.461. The molecule has 1 aromatic heterocycles. The predicted octanol–water partition coefficient (Wildman–Crippen LogP) is 2.25. The highest BCUT2D eigenvalue weighted by molar-refractivity contribution is 5.27. The van der Waals surface area contributed by atoms with E-state index in [9.17, 15) is 0 Å². The highest BCUT2D eigenvalue weighted by Gasteiger charge is 2.14. The zero-order chi connectivity index (χ0) is 12.6. The molecule has 2 rings (SSSR count). The molecule has 1 aliphatic carbocycles. The smallest absolute Gasteiger partial charge is 0.226 e. The first kappa shape index (κ1) is 13.1. The molecule has 0 amide bonds. The van der Waals surface area contributed by atoms with Gasteiger partial charge >= 0.3 is 0 Å². The molecule has 5 nitrogen and oxygen atoms in total. The first-order chi connectivity index (χ1) is 8.88. The first-order valence-corrected chi connectivity index (χ1v) is 6.70. The van der Waals surface area contributed by atoms with E-state index in [2.05, 4.69) is 15.3 Å². The summed E-state index contributed by atoms with van der Waals surface area (Å²) in [5, 5.41) is 3.14. The largest absolute Gasteiger partial charge is 0.478 e. The Labute approximate surface area is 108 Å². The number of ether oxygens (including phenoxy) is 2. The quantitative estimate of drug-likeness (QED) is 0.753. The topological polar surface area (TPSA) is 56.3 Å². The Morgan fingerprint density at radius 1 is 1.39 bits per heavy atom. The lowest BCUT2D eigenvalue weighted by molar-refractivity contribution is 0.0658. The minimum Gasteiger partial charge on any atom is -0.478 e. The van der Waals surface area contributed by atoms with E-state index >= 15 is 0 Å². The lowest BCUT2D eigenvalue weighted by Gasteiger charge is -2.11. The van der Waals surface area contributed by atoms with Gasteiger partial charge in [0.2, 0.25) is 11.8 Å². The molecule has 1 N–H and O–H groups in total. The standard InChI is InChI=1S/C13H21N3O2/c1-2-17-12-7-8-14-13(16-12)15-9-10-18-11-5-3-4-6-11/h7-8,11H,2-6,9-10H2,1H3,(H,14,15,16). The van der Waals surface area contributed by atoms with E-state index in [1.54, 1.807) is 12.3 Å². The summed E-state index contributed by atoms with van der Waals surface area (Å²) in [4.78, 5) is 8.37. The second-order valence-corrected chi connectivity index (χ2v) is 4.36. The fraction of sp³-hybridized carbons (Fsp3) is 0.692. The van der Waals surface area contributed by atoms with Gasteiger partial charge in [-0.05, 0) is 19.8 Å². The highest BCUT2D eigenvalue weighted by Crippen LogP contribution is 2.20. The van der Waals surface area contributed by atoms with Crippen LogP contribution >= 0.6 is 0 Å². The van der Waals surface area contributed by atoms with E-state index in [1.165, 1.54) is 25.7 Å². The molecule has 1 fully saturated rings. The zero-order valence-electron chi connectivity index (χ0n) is 10.9. The number of rotatable bonds is 7.